The normalized spacial score (nSPS) is 10.8. The van der Waals surface area contributed by atoms with Crippen LogP contribution in [0.25, 0.3) is 0 Å². The second kappa shape index (κ2) is 7.53. The third-order valence-electron chi connectivity index (χ3n) is 2.28. The van der Waals surface area contributed by atoms with Crippen molar-refractivity contribution in [3.8, 4) is 5.75 Å². The van der Waals surface area contributed by atoms with Gasteiger partial charge < -0.3 is 19.6 Å². The van der Waals surface area contributed by atoms with Crippen LogP contribution in [0.3, 0.4) is 0 Å². The fourth-order valence-corrected chi connectivity index (χ4v) is 1.45. The number of carbonyl (C=O) groups is 2. The Labute approximate surface area is 119 Å². The van der Waals surface area contributed by atoms with Crippen molar-refractivity contribution in [3.63, 3.8) is 0 Å². The first-order chi connectivity index (χ1) is 9.40. The molecular formula is C15H21NO4. The van der Waals surface area contributed by atoms with E-state index in [1.807, 2.05) is 32.9 Å². The van der Waals surface area contributed by atoms with E-state index >= 15 is 0 Å². The molecule has 110 valence electrons. The molecule has 0 heterocycles. The van der Waals surface area contributed by atoms with Gasteiger partial charge in [-0.3, -0.25) is 0 Å². The molecule has 0 saturated heterocycles. The van der Waals surface area contributed by atoms with Crippen LogP contribution < -0.4 is 10.1 Å². The van der Waals surface area contributed by atoms with Crippen molar-refractivity contribution in [2.45, 2.75) is 32.8 Å². The van der Waals surface area contributed by atoms with E-state index in [2.05, 4.69) is 5.32 Å². The molecule has 1 N–H and O–H groups in total. The number of alkyl carbamates (subject to hydrolysis) is 1. The maximum atomic E-state index is 11.4. The summed E-state index contributed by atoms with van der Waals surface area (Å²) in [6.07, 6.45) is 0.809. The molecule has 1 rings (SSSR count). The van der Waals surface area contributed by atoms with E-state index in [0.717, 1.165) is 11.8 Å². The molecule has 1 amide bonds. The summed E-state index contributed by atoms with van der Waals surface area (Å²) >= 11 is 0. The van der Waals surface area contributed by atoms with Crippen LogP contribution in [0.2, 0.25) is 0 Å². The molecule has 0 spiro atoms. The fourth-order valence-electron chi connectivity index (χ4n) is 1.45. The van der Waals surface area contributed by atoms with Gasteiger partial charge in [-0.1, -0.05) is 12.1 Å². The second-order valence-corrected chi connectivity index (χ2v) is 5.29. The summed E-state index contributed by atoms with van der Waals surface area (Å²) in [4.78, 5) is 21.7. The quantitative estimate of drug-likeness (QED) is 0.641. The highest BCUT2D eigenvalue weighted by Gasteiger charge is 2.15. The number of aldehydes is 1. The van der Waals surface area contributed by atoms with E-state index in [9.17, 15) is 9.59 Å². The molecule has 0 aromatic heterocycles. The maximum Gasteiger partial charge on any atom is 0.407 e. The molecule has 0 atom stereocenters. The maximum absolute atomic E-state index is 11.4. The molecule has 0 aliphatic heterocycles. The van der Waals surface area contributed by atoms with Crippen molar-refractivity contribution in [2.75, 3.05) is 13.2 Å². The van der Waals surface area contributed by atoms with Crippen LogP contribution in [0, 0.1) is 0 Å². The lowest BCUT2D eigenvalue weighted by Gasteiger charge is -2.19. The van der Waals surface area contributed by atoms with Gasteiger partial charge in [0, 0.05) is 6.42 Å². The Balaban J connectivity index is 2.24. The van der Waals surface area contributed by atoms with Crippen LogP contribution in [0.15, 0.2) is 24.3 Å². The number of amides is 1. The molecule has 0 unspecified atom stereocenters. The van der Waals surface area contributed by atoms with E-state index < -0.39 is 11.7 Å². The van der Waals surface area contributed by atoms with Crippen molar-refractivity contribution in [1.29, 1.82) is 0 Å². The van der Waals surface area contributed by atoms with Crippen molar-refractivity contribution in [1.82, 2.24) is 5.32 Å². The van der Waals surface area contributed by atoms with Crippen molar-refractivity contribution in [3.05, 3.63) is 29.8 Å². The first kappa shape index (κ1) is 16.0. The predicted molar refractivity (Wildman–Crippen MR) is 75.9 cm³/mol. The molecule has 0 aliphatic carbocycles. The predicted octanol–water partition coefficient (Wildman–Crippen LogP) is 2.33. The summed E-state index contributed by atoms with van der Waals surface area (Å²) in [7, 11) is 0. The zero-order valence-corrected chi connectivity index (χ0v) is 12.1. The summed E-state index contributed by atoms with van der Waals surface area (Å²) in [6, 6.07) is 7.27. The number of hydrogen-bond donors (Lipinski definition) is 1. The second-order valence-electron chi connectivity index (χ2n) is 5.29. The van der Waals surface area contributed by atoms with Gasteiger partial charge >= 0.3 is 6.09 Å². The highest BCUT2D eigenvalue weighted by molar-refractivity contribution is 5.67. The highest BCUT2D eigenvalue weighted by atomic mass is 16.6. The van der Waals surface area contributed by atoms with Gasteiger partial charge in [0.2, 0.25) is 0 Å². The topological polar surface area (TPSA) is 64.6 Å². The largest absolute Gasteiger partial charge is 0.492 e. The standard InChI is InChI=1S/C15H21NO4/c1-15(2,3)20-14(18)16-9-11-19-13-6-4-12(5-7-13)8-10-17/h4-7,10H,8-9,11H2,1-3H3,(H,16,18). The Morgan fingerprint density at radius 3 is 2.45 bits per heavy atom. The molecule has 1 aromatic rings. The minimum atomic E-state index is -0.501. The summed E-state index contributed by atoms with van der Waals surface area (Å²) in [5.74, 6) is 0.700. The molecule has 5 heteroatoms. The van der Waals surface area contributed by atoms with E-state index in [1.54, 1.807) is 12.1 Å². The monoisotopic (exact) mass is 279 g/mol. The number of nitrogens with one attached hydrogen (secondary N) is 1. The summed E-state index contributed by atoms with van der Waals surface area (Å²) in [5.41, 5.74) is 0.443. The van der Waals surface area contributed by atoms with Crippen molar-refractivity contribution in [2.24, 2.45) is 0 Å². The Hall–Kier alpha value is -2.04. The molecule has 20 heavy (non-hydrogen) atoms. The number of hydrogen-bond acceptors (Lipinski definition) is 4. The highest BCUT2D eigenvalue weighted by Crippen LogP contribution is 2.12. The van der Waals surface area contributed by atoms with E-state index in [0.29, 0.717) is 25.3 Å². The molecule has 0 aliphatic rings. The Kier molecular flexibility index (Phi) is 6.03. The third kappa shape index (κ3) is 6.78. The number of ether oxygens (including phenoxy) is 2. The van der Waals surface area contributed by atoms with Gasteiger partial charge in [0.05, 0.1) is 6.54 Å². The molecule has 0 bridgehead atoms. The molecule has 0 saturated carbocycles. The smallest absolute Gasteiger partial charge is 0.407 e. The Morgan fingerprint density at radius 2 is 1.90 bits per heavy atom. The lowest BCUT2D eigenvalue weighted by molar-refractivity contribution is -0.107. The zero-order valence-electron chi connectivity index (χ0n) is 12.1. The molecule has 5 nitrogen and oxygen atoms in total. The number of rotatable bonds is 6. The van der Waals surface area contributed by atoms with Gasteiger partial charge in [0.15, 0.2) is 0 Å². The lowest BCUT2D eigenvalue weighted by Crippen LogP contribution is -2.34. The van der Waals surface area contributed by atoms with Crippen LogP contribution in [0.1, 0.15) is 26.3 Å². The molecular weight excluding hydrogens is 258 g/mol. The average molecular weight is 279 g/mol. The first-order valence-corrected chi connectivity index (χ1v) is 6.53. The fraction of sp³-hybridized carbons (Fsp3) is 0.467. The van der Waals surface area contributed by atoms with Crippen LogP contribution in [0.5, 0.6) is 5.75 Å². The van der Waals surface area contributed by atoms with Gasteiger partial charge in [-0.05, 0) is 38.5 Å². The van der Waals surface area contributed by atoms with Gasteiger partial charge in [-0.15, -0.1) is 0 Å². The minimum absolute atomic E-state index is 0.353. The third-order valence-corrected chi connectivity index (χ3v) is 2.28. The average Bonchev–Trinajstić information content (AvgIpc) is 2.35. The SMILES string of the molecule is CC(C)(C)OC(=O)NCCOc1ccc(CC=O)cc1. The number of carbonyl (C=O) groups excluding carboxylic acids is 2. The number of benzene rings is 1. The van der Waals surface area contributed by atoms with Crippen LogP contribution in [0.4, 0.5) is 4.79 Å². The summed E-state index contributed by atoms with van der Waals surface area (Å²) < 4.78 is 10.6. The van der Waals surface area contributed by atoms with Crippen LogP contribution in [-0.2, 0) is 16.0 Å². The zero-order chi connectivity index (χ0) is 15.0. The van der Waals surface area contributed by atoms with Gasteiger partial charge in [-0.2, -0.15) is 0 Å². The Bertz CT molecular complexity index is 434. The van der Waals surface area contributed by atoms with E-state index in [-0.39, 0.29) is 0 Å². The molecule has 0 radical (unpaired) electrons. The summed E-state index contributed by atoms with van der Waals surface area (Å²) in [5, 5.41) is 2.61. The van der Waals surface area contributed by atoms with Gasteiger partial charge in [-0.25, -0.2) is 4.79 Å². The summed E-state index contributed by atoms with van der Waals surface area (Å²) in [6.45, 7) is 6.15. The van der Waals surface area contributed by atoms with Crippen molar-refractivity contribution >= 4 is 12.4 Å². The van der Waals surface area contributed by atoms with Crippen LogP contribution >= 0.6 is 0 Å². The Morgan fingerprint density at radius 1 is 1.25 bits per heavy atom. The van der Waals surface area contributed by atoms with Crippen LogP contribution in [-0.4, -0.2) is 31.1 Å². The van der Waals surface area contributed by atoms with E-state index in [4.69, 9.17) is 9.47 Å². The van der Waals surface area contributed by atoms with Crippen molar-refractivity contribution < 1.29 is 19.1 Å². The van der Waals surface area contributed by atoms with Gasteiger partial charge in [0.25, 0.3) is 0 Å². The lowest BCUT2D eigenvalue weighted by atomic mass is 10.2. The van der Waals surface area contributed by atoms with E-state index in [1.165, 1.54) is 0 Å². The molecule has 0 fully saturated rings. The van der Waals surface area contributed by atoms with Gasteiger partial charge in [0.1, 0.15) is 24.2 Å². The molecule has 1 aromatic carbocycles. The first-order valence-electron chi connectivity index (χ1n) is 6.53. The minimum Gasteiger partial charge on any atom is -0.492 e.